The van der Waals surface area contributed by atoms with Crippen molar-refractivity contribution in [1.29, 1.82) is 5.26 Å². The van der Waals surface area contributed by atoms with Gasteiger partial charge in [-0.15, -0.1) is 0 Å². The minimum absolute atomic E-state index is 0.0993. The number of aromatic nitrogens is 3. The first-order valence-corrected chi connectivity index (χ1v) is 6.35. The smallest absolute Gasteiger partial charge is 0.348 e. The minimum Gasteiger partial charge on any atom is -0.422 e. The molecule has 6 heteroatoms. The van der Waals surface area contributed by atoms with E-state index in [-0.39, 0.29) is 6.42 Å². The van der Waals surface area contributed by atoms with Gasteiger partial charge in [0.1, 0.15) is 11.0 Å². The molecular weight excluding hydrogens is 268 g/mol. The molecule has 0 saturated carbocycles. The van der Waals surface area contributed by atoms with Crippen LogP contribution in [0, 0.1) is 11.3 Å². The van der Waals surface area contributed by atoms with Crippen molar-refractivity contribution >= 4 is 27.4 Å². The molecule has 3 heterocycles. The van der Waals surface area contributed by atoms with E-state index >= 15 is 0 Å². The number of para-hydroxylation sites is 1. The quantitative estimate of drug-likeness (QED) is 0.392. The van der Waals surface area contributed by atoms with Gasteiger partial charge in [-0.2, -0.15) is 10.4 Å². The van der Waals surface area contributed by atoms with Gasteiger partial charge in [0.25, 0.3) is 0 Å². The number of hydrogen-bond acceptors (Lipinski definition) is 5. The van der Waals surface area contributed by atoms with Crippen molar-refractivity contribution in [3.63, 3.8) is 0 Å². The highest BCUT2D eigenvalue weighted by Gasteiger charge is 2.14. The van der Waals surface area contributed by atoms with Gasteiger partial charge in [-0.25, -0.2) is 14.3 Å². The van der Waals surface area contributed by atoms with Crippen LogP contribution in [-0.2, 0) is 6.42 Å². The van der Waals surface area contributed by atoms with Crippen molar-refractivity contribution in [2.75, 3.05) is 0 Å². The Morgan fingerprint density at radius 1 is 1.24 bits per heavy atom. The fraction of sp³-hybridized carbons (Fsp3) is 0.0667. The number of nitriles is 1. The molecule has 4 aromatic rings. The Balaban J connectivity index is 2.23. The van der Waals surface area contributed by atoms with Crippen LogP contribution in [0.15, 0.2) is 45.7 Å². The second kappa shape index (κ2) is 4.15. The summed E-state index contributed by atoms with van der Waals surface area (Å²) in [6.45, 7) is 0. The third-order valence-corrected chi connectivity index (χ3v) is 3.37. The zero-order valence-corrected chi connectivity index (χ0v) is 10.8. The molecule has 6 nitrogen and oxygen atoms in total. The normalized spacial score (nSPS) is 11.2. The molecule has 0 aliphatic rings. The number of fused-ring (bicyclic) bond motifs is 5. The molecular formula is C15H8N4O2. The Morgan fingerprint density at radius 2 is 2.10 bits per heavy atom. The SMILES string of the molecule is N#CCc1nc2c3c(=O)oc4ccccc4c3ccn2n1. The highest BCUT2D eigenvalue weighted by molar-refractivity contribution is 6.08. The first kappa shape index (κ1) is 11.6. The zero-order chi connectivity index (χ0) is 14.4. The van der Waals surface area contributed by atoms with Crippen LogP contribution in [0.1, 0.15) is 5.82 Å². The molecule has 0 N–H and O–H groups in total. The first-order valence-electron chi connectivity index (χ1n) is 6.35. The molecule has 0 atom stereocenters. The first-order chi connectivity index (χ1) is 10.3. The van der Waals surface area contributed by atoms with Gasteiger partial charge in [0, 0.05) is 17.0 Å². The van der Waals surface area contributed by atoms with Crippen molar-refractivity contribution in [2.45, 2.75) is 6.42 Å². The molecule has 3 aromatic heterocycles. The van der Waals surface area contributed by atoms with E-state index in [1.54, 1.807) is 12.3 Å². The standard InChI is InChI=1S/C15H8N4O2/c16-7-5-12-17-14-13-10(6-8-19(14)18-12)9-3-1-2-4-11(9)21-15(13)20/h1-4,6,8H,5H2. The Bertz CT molecular complexity index is 1100. The summed E-state index contributed by atoms with van der Waals surface area (Å²) < 4.78 is 6.85. The molecule has 1 aromatic carbocycles. The summed E-state index contributed by atoms with van der Waals surface area (Å²) in [7, 11) is 0. The number of benzene rings is 1. The van der Waals surface area contributed by atoms with Crippen molar-refractivity contribution in [1.82, 2.24) is 14.6 Å². The van der Waals surface area contributed by atoms with Crippen LogP contribution in [-0.4, -0.2) is 14.6 Å². The lowest BCUT2D eigenvalue weighted by molar-refractivity contribution is 0.570. The molecule has 0 saturated heterocycles. The summed E-state index contributed by atoms with van der Waals surface area (Å²) in [5.74, 6) is 0.387. The summed E-state index contributed by atoms with van der Waals surface area (Å²) in [5, 5.41) is 14.9. The lowest BCUT2D eigenvalue weighted by Gasteiger charge is -2.02. The predicted molar refractivity (Wildman–Crippen MR) is 75.9 cm³/mol. The molecule has 0 spiro atoms. The summed E-state index contributed by atoms with van der Waals surface area (Å²) in [5.41, 5.74) is 0.499. The molecule has 0 unspecified atom stereocenters. The van der Waals surface area contributed by atoms with Crippen LogP contribution >= 0.6 is 0 Å². The fourth-order valence-corrected chi connectivity index (χ4v) is 2.49. The van der Waals surface area contributed by atoms with E-state index in [0.717, 1.165) is 10.8 Å². The lowest BCUT2D eigenvalue weighted by atomic mass is 10.1. The Kier molecular flexibility index (Phi) is 2.29. The minimum atomic E-state index is -0.454. The molecule has 100 valence electrons. The van der Waals surface area contributed by atoms with E-state index in [1.165, 1.54) is 4.52 Å². The lowest BCUT2D eigenvalue weighted by Crippen LogP contribution is -2.03. The van der Waals surface area contributed by atoms with E-state index in [1.807, 2.05) is 30.3 Å². The van der Waals surface area contributed by atoms with Gasteiger partial charge in [-0.1, -0.05) is 18.2 Å². The van der Waals surface area contributed by atoms with Crippen molar-refractivity contribution in [3.8, 4) is 6.07 Å². The largest absolute Gasteiger partial charge is 0.422 e. The average molecular weight is 276 g/mol. The van der Waals surface area contributed by atoms with Crippen LogP contribution < -0.4 is 5.63 Å². The van der Waals surface area contributed by atoms with Crippen LogP contribution in [0.3, 0.4) is 0 Å². The molecule has 0 radical (unpaired) electrons. The van der Waals surface area contributed by atoms with E-state index in [9.17, 15) is 4.79 Å². The highest BCUT2D eigenvalue weighted by Crippen LogP contribution is 2.24. The van der Waals surface area contributed by atoms with Crippen molar-refractivity contribution in [2.24, 2.45) is 0 Å². The summed E-state index contributed by atoms with van der Waals surface area (Å²) in [4.78, 5) is 16.5. The third kappa shape index (κ3) is 1.61. The maximum Gasteiger partial charge on any atom is 0.348 e. The second-order valence-corrected chi connectivity index (χ2v) is 4.62. The van der Waals surface area contributed by atoms with Gasteiger partial charge in [0.05, 0.1) is 12.5 Å². The van der Waals surface area contributed by atoms with E-state index < -0.39 is 5.63 Å². The van der Waals surface area contributed by atoms with Gasteiger partial charge in [0.2, 0.25) is 0 Å². The van der Waals surface area contributed by atoms with E-state index in [2.05, 4.69) is 10.1 Å². The van der Waals surface area contributed by atoms with Crippen LogP contribution in [0.25, 0.3) is 27.4 Å². The Labute approximate surface area is 117 Å². The number of nitrogens with zero attached hydrogens (tertiary/aromatic N) is 4. The average Bonchev–Trinajstić information content (AvgIpc) is 2.90. The predicted octanol–water partition coefficient (Wildman–Crippen LogP) is 2.05. The summed E-state index contributed by atoms with van der Waals surface area (Å²) in [6.07, 6.45) is 1.83. The number of pyridine rings is 1. The molecule has 21 heavy (non-hydrogen) atoms. The molecule has 0 aliphatic heterocycles. The summed E-state index contributed by atoms with van der Waals surface area (Å²) in [6, 6.07) is 11.2. The molecule has 0 amide bonds. The van der Waals surface area contributed by atoms with Crippen LogP contribution in [0.4, 0.5) is 0 Å². The van der Waals surface area contributed by atoms with Crippen molar-refractivity contribution < 1.29 is 4.42 Å². The molecule has 4 rings (SSSR count). The fourth-order valence-electron chi connectivity index (χ4n) is 2.49. The van der Waals surface area contributed by atoms with Gasteiger partial charge in [0.15, 0.2) is 11.5 Å². The van der Waals surface area contributed by atoms with Crippen molar-refractivity contribution in [3.05, 3.63) is 52.8 Å². The Hall–Kier alpha value is -3.20. The molecule has 0 aliphatic carbocycles. The molecule has 0 bridgehead atoms. The second-order valence-electron chi connectivity index (χ2n) is 4.62. The summed E-state index contributed by atoms with van der Waals surface area (Å²) >= 11 is 0. The third-order valence-electron chi connectivity index (χ3n) is 3.37. The molecule has 0 fully saturated rings. The zero-order valence-electron chi connectivity index (χ0n) is 10.8. The van der Waals surface area contributed by atoms with Gasteiger partial charge in [-0.3, -0.25) is 0 Å². The van der Waals surface area contributed by atoms with E-state index in [4.69, 9.17) is 9.68 Å². The maximum atomic E-state index is 12.3. The van der Waals surface area contributed by atoms with Crippen LogP contribution in [0.2, 0.25) is 0 Å². The van der Waals surface area contributed by atoms with Gasteiger partial charge < -0.3 is 4.42 Å². The maximum absolute atomic E-state index is 12.3. The van der Waals surface area contributed by atoms with Gasteiger partial charge >= 0.3 is 5.63 Å². The van der Waals surface area contributed by atoms with E-state index in [0.29, 0.717) is 22.4 Å². The Morgan fingerprint density at radius 3 is 2.95 bits per heavy atom. The number of hydrogen-bond donors (Lipinski definition) is 0. The highest BCUT2D eigenvalue weighted by atomic mass is 16.4. The van der Waals surface area contributed by atoms with Crippen LogP contribution in [0.5, 0.6) is 0 Å². The number of rotatable bonds is 1. The topological polar surface area (TPSA) is 84.2 Å². The monoisotopic (exact) mass is 276 g/mol. The van der Waals surface area contributed by atoms with Gasteiger partial charge in [-0.05, 0) is 12.1 Å².